The number of anilines is 2. The van der Waals surface area contributed by atoms with Crippen LogP contribution in [0.3, 0.4) is 0 Å². The van der Waals surface area contributed by atoms with Crippen LogP contribution in [0.2, 0.25) is 0 Å². The van der Waals surface area contributed by atoms with E-state index < -0.39 is 10.0 Å². The number of fused-ring (bicyclic) bond motifs is 1. The largest absolute Gasteiger partial charge is 0.309 e. The standard InChI is InChI=1S/C21H24N2O3S/c1-13-8-14(2)10-18(9-13)22-27(25,26)19-6-7-20-17(12-19)11-15(3)23(20)21(24)16-4-5-16/h6-10,12,15-16,22H,4-5,11H2,1-3H3. The number of hydrogen-bond acceptors (Lipinski definition) is 3. The molecule has 0 radical (unpaired) electrons. The number of aryl methyl sites for hydroxylation is 2. The maximum Gasteiger partial charge on any atom is 0.261 e. The summed E-state index contributed by atoms with van der Waals surface area (Å²) in [4.78, 5) is 14.6. The quantitative estimate of drug-likeness (QED) is 0.872. The number of sulfonamides is 1. The third-order valence-electron chi connectivity index (χ3n) is 5.21. The fourth-order valence-corrected chi connectivity index (χ4v) is 4.98. The van der Waals surface area contributed by atoms with E-state index in [0.29, 0.717) is 12.1 Å². The lowest BCUT2D eigenvalue weighted by atomic mass is 10.1. The van der Waals surface area contributed by atoms with Crippen LogP contribution in [0.25, 0.3) is 0 Å². The summed E-state index contributed by atoms with van der Waals surface area (Å²) in [5.74, 6) is 0.318. The molecule has 0 spiro atoms. The Labute approximate surface area is 160 Å². The average molecular weight is 385 g/mol. The summed E-state index contributed by atoms with van der Waals surface area (Å²) in [7, 11) is -3.68. The van der Waals surface area contributed by atoms with Gasteiger partial charge in [-0.25, -0.2) is 8.42 Å². The Morgan fingerprint density at radius 2 is 1.74 bits per heavy atom. The Balaban J connectivity index is 1.63. The van der Waals surface area contributed by atoms with Crippen molar-refractivity contribution in [2.75, 3.05) is 9.62 Å². The predicted octanol–water partition coefficient (Wildman–Crippen LogP) is 3.79. The van der Waals surface area contributed by atoms with Crippen molar-refractivity contribution < 1.29 is 13.2 Å². The van der Waals surface area contributed by atoms with Crippen LogP contribution in [0.5, 0.6) is 0 Å². The number of amides is 1. The molecule has 2 aliphatic rings. The van der Waals surface area contributed by atoms with E-state index in [1.54, 1.807) is 18.2 Å². The molecule has 27 heavy (non-hydrogen) atoms. The van der Waals surface area contributed by atoms with Crippen molar-refractivity contribution in [3.05, 3.63) is 53.1 Å². The first-order chi connectivity index (χ1) is 12.7. The first kappa shape index (κ1) is 18.0. The molecule has 1 N–H and O–H groups in total. The Kier molecular flexibility index (Phi) is 4.26. The summed E-state index contributed by atoms with van der Waals surface area (Å²) < 4.78 is 28.4. The molecule has 1 aliphatic carbocycles. The van der Waals surface area contributed by atoms with Gasteiger partial charge in [0.2, 0.25) is 5.91 Å². The minimum absolute atomic E-state index is 0.0680. The van der Waals surface area contributed by atoms with Gasteiger partial charge in [-0.3, -0.25) is 9.52 Å². The Hall–Kier alpha value is -2.34. The number of carbonyl (C=O) groups excluding carboxylic acids is 1. The molecule has 1 heterocycles. The SMILES string of the molecule is Cc1cc(C)cc(NS(=O)(=O)c2ccc3c(c2)CC(C)N3C(=O)C2CC2)c1. The van der Waals surface area contributed by atoms with Gasteiger partial charge in [0.1, 0.15) is 0 Å². The van der Waals surface area contributed by atoms with E-state index in [2.05, 4.69) is 4.72 Å². The van der Waals surface area contributed by atoms with E-state index >= 15 is 0 Å². The van der Waals surface area contributed by atoms with E-state index in [-0.39, 0.29) is 22.8 Å². The maximum atomic E-state index is 12.8. The van der Waals surface area contributed by atoms with Crippen molar-refractivity contribution in [1.29, 1.82) is 0 Å². The van der Waals surface area contributed by atoms with Crippen LogP contribution >= 0.6 is 0 Å². The summed E-state index contributed by atoms with van der Waals surface area (Å²) in [6, 6.07) is 10.8. The lowest BCUT2D eigenvalue weighted by molar-refractivity contribution is -0.120. The molecule has 6 heteroatoms. The van der Waals surface area contributed by atoms with Gasteiger partial charge < -0.3 is 4.90 Å². The highest BCUT2D eigenvalue weighted by molar-refractivity contribution is 7.92. The molecule has 0 aromatic heterocycles. The van der Waals surface area contributed by atoms with E-state index in [0.717, 1.165) is 35.2 Å². The second-order valence-electron chi connectivity index (χ2n) is 7.81. The second kappa shape index (κ2) is 6.37. The fourth-order valence-electron chi connectivity index (χ4n) is 3.89. The Morgan fingerprint density at radius 1 is 1.07 bits per heavy atom. The van der Waals surface area contributed by atoms with Crippen molar-refractivity contribution in [3.8, 4) is 0 Å². The van der Waals surface area contributed by atoms with Gasteiger partial charge in [0.15, 0.2) is 0 Å². The maximum absolute atomic E-state index is 12.8. The molecule has 1 unspecified atom stereocenters. The van der Waals surface area contributed by atoms with E-state index in [4.69, 9.17) is 0 Å². The number of rotatable bonds is 4. The van der Waals surface area contributed by atoms with Gasteiger partial charge in [0, 0.05) is 23.3 Å². The molecule has 0 saturated heterocycles. The molecular formula is C21H24N2O3S. The van der Waals surface area contributed by atoms with Gasteiger partial charge in [0.25, 0.3) is 10.0 Å². The highest BCUT2D eigenvalue weighted by Gasteiger charge is 2.39. The van der Waals surface area contributed by atoms with Crippen LogP contribution in [0.4, 0.5) is 11.4 Å². The molecule has 1 saturated carbocycles. The van der Waals surface area contributed by atoms with E-state index in [1.807, 2.05) is 43.9 Å². The molecule has 0 bridgehead atoms. The number of carbonyl (C=O) groups is 1. The van der Waals surface area contributed by atoms with Crippen LogP contribution in [-0.4, -0.2) is 20.4 Å². The number of benzene rings is 2. The minimum atomic E-state index is -3.68. The monoisotopic (exact) mass is 384 g/mol. The zero-order valence-electron chi connectivity index (χ0n) is 15.8. The van der Waals surface area contributed by atoms with Crippen LogP contribution in [0.1, 0.15) is 36.5 Å². The summed E-state index contributed by atoms with van der Waals surface area (Å²) in [5, 5.41) is 0. The number of hydrogen-bond donors (Lipinski definition) is 1. The summed E-state index contributed by atoms with van der Waals surface area (Å²) in [5.41, 5.74) is 4.34. The zero-order chi connectivity index (χ0) is 19.3. The van der Waals surface area contributed by atoms with Gasteiger partial charge in [-0.2, -0.15) is 0 Å². The first-order valence-corrected chi connectivity index (χ1v) is 10.8. The second-order valence-corrected chi connectivity index (χ2v) is 9.49. The molecule has 1 amide bonds. The van der Waals surface area contributed by atoms with Crippen LogP contribution in [0, 0.1) is 19.8 Å². The molecule has 5 nitrogen and oxygen atoms in total. The van der Waals surface area contributed by atoms with Crippen LogP contribution in [0.15, 0.2) is 41.3 Å². The van der Waals surface area contributed by atoms with Gasteiger partial charge >= 0.3 is 0 Å². The Morgan fingerprint density at radius 3 is 2.37 bits per heavy atom. The molecule has 2 aromatic carbocycles. The normalized spacial score (nSPS) is 19.1. The Bertz CT molecular complexity index is 1010. The first-order valence-electron chi connectivity index (χ1n) is 9.32. The third-order valence-corrected chi connectivity index (χ3v) is 6.59. The lowest BCUT2D eigenvalue weighted by Crippen LogP contribution is -2.36. The van der Waals surface area contributed by atoms with Gasteiger partial charge in [-0.15, -0.1) is 0 Å². The third kappa shape index (κ3) is 3.46. The van der Waals surface area contributed by atoms with Crippen molar-refractivity contribution >= 4 is 27.3 Å². The van der Waals surface area contributed by atoms with Crippen molar-refractivity contribution in [3.63, 3.8) is 0 Å². The predicted molar refractivity (Wildman–Crippen MR) is 107 cm³/mol. The highest BCUT2D eigenvalue weighted by Crippen LogP contribution is 2.39. The number of nitrogens with one attached hydrogen (secondary N) is 1. The minimum Gasteiger partial charge on any atom is -0.309 e. The van der Waals surface area contributed by atoms with E-state index in [9.17, 15) is 13.2 Å². The van der Waals surface area contributed by atoms with Gasteiger partial charge in [-0.1, -0.05) is 6.07 Å². The molecule has 1 fully saturated rings. The van der Waals surface area contributed by atoms with Crippen LogP contribution in [-0.2, 0) is 21.2 Å². The molecule has 1 atom stereocenters. The van der Waals surface area contributed by atoms with Gasteiger partial charge in [-0.05, 0) is 87.1 Å². The number of nitrogens with zero attached hydrogens (tertiary/aromatic N) is 1. The van der Waals surface area contributed by atoms with Gasteiger partial charge in [0.05, 0.1) is 4.90 Å². The lowest BCUT2D eigenvalue weighted by Gasteiger charge is -2.22. The molecule has 142 valence electrons. The highest BCUT2D eigenvalue weighted by atomic mass is 32.2. The van der Waals surface area contributed by atoms with Crippen molar-refractivity contribution in [1.82, 2.24) is 0 Å². The molecular weight excluding hydrogens is 360 g/mol. The molecule has 4 rings (SSSR count). The van der Waals surface area contributed by atoms with E-state index in [1.165, 1.54) is 0 Å². The average Bonchev–Trinajstić information content (AvgIpc) is 3.35. The summed E-state index contributed by atoms with van der Waals surface area (Å²) in [6.07, 6.45) is 2.61. The van der Waals surface area contributed by atoms with Crippen molar-refractivity contribution in [2.45, 2.75) is 51.0 Å². The van der Waals surface area contributed by atoms with Crippen molar-refractivity contribution in [2.24, 2.45) is 5.92 Å². The summed E-state index contributed by atoms with van der Waals surface area (Å²) in [6.45, 7) is 5.89. The summed E-state index contributed by atoms with van der Waals surface area (Å²) >= 11 is 0. The zero-order valence-corrected chi connectivity index (χ0v) is 16.6. The smallest absolute Gasteiger partial charge is 0.261 e. The van der Waals surface area contributed by atoms with Crippen LogP contribution < -0.4 is 9.62 Å². The molecule has 2 aromatic rings. The topological polar surface area (TPSA) is 66.5 Å². The fraction of sp³-hybridized carbons (Fsp3) is 0.381. The molecule has 1 aliphatic heterocycles.